The van der Waals surface area contributed by atoms with Gasteiger partial charge < -0.3 is 14.0 Å². The van der Waals surface area contributed by atoms with Crippen molar-refractivity contribution in [2.45, 2.75) is 17.7 Å². The number of morpholine rings is 1. The van der Waals surface area contributed by atoms with Crippen molar-refractivity contribution in [2.24, 2.45) is 7.05 Å². The fourth-order valence-corrected chi connectivity index (χ4v) is 4.38. The number of ether oxygens (including phenoxy) is 2. The number of sulfonamides is 1. The zero-order chi connectivity index (χ0) is 19.4. The molecule has 0 bridgehead atoms. The van der Waals surface area contributed by atoms with Gasteiger partial charge in [-0.2, -0.15) is 9.57 Å². The average molecular weight is 392 g/mol. The van der Waals surface area contributed by atoms with Gasteiger partial charge in [0, 0.05) is 26.6 Å². The van der Waals surface area contributed by atoms with E-state index in [9.17, 15) is 13.2 Å². The minimum atomic E-state index is -3.59. The van der Waals surface area contributed by atoms with Crippen LogP contribution >= 0.6 is 0 Å². The summed E-state index contributed by atoms with van der Waals surface area (Å²) < 4.78 is 38.7. The first kappa shape index (κ1) is 19.3. The summed E-state index contributed by atoms with van der Waals surface area (Å²) in [6, 6.07) is 6.58. The van der Waals surface area contributed by atoms with Gasteiger partial charge in [0.1, 0.15) is 11.9 Å². The summed E-state index contributed by atoms with van der Waals surface area (Å²) >= 11 is 0. The molecule has 9 nitrogen and oxygen atoms in total. The minimum Gasteiger partial charge on any atom is -0.450 e. The maximum absolute atomic E-state index is 12.8. The number of benzene rings is 1. The van der Waals surface area contributed by atoms with Gasteiger partial charge in [0.25, 0.3) is 0 Å². The molecule has 2 heterocycles. The van der Waals surface area contributed by atoms with E-state index in [0.29, 0.717) is 44.1 Å². The van der Waals surface area contributed by atoms with Gasteiger partial charge in [-0.05, 0) is 18.2 Å². The Labute approximate surface area is 157 Å². The molecule has 2 aromatic rings. The molecule has 0 atom stereocenters. The highest BCUT2D eigenvalue weighted by Crippen LogP contribution is 2.23. The monoisotopic (exact) mass is 392 g/mol. The SMILES string of the molecule is Cn1c(CCC(=O)OCC#N)nc2cc(S(=O)(=O)N3CCOCC3)ccc21. The Balaban J connectivity index is 1.82. The van der Waals surface area contributed by atoms with E-state index >= 15 is 0 Å². The quantitative estimate of drug-likeness (QED) is 0.661. The van der Waals surface area contributed by atoms with Crippen molar-refractivity contribution < 1.29 is 22.7 Å². The summed E-state index contributed by atoms with van der Waals surface area (Å²) in [6.45, 7) is 1.16. The Hall–Kier alpha value is -2.48. The van der Waals surface area contributed by atoms with Crippen LogP contribution in [0, 0.1) is 11.3 Å². The number of imidazole rings is 1. The Kier molecular flexibility index (Phi) is 5.74. The molecule has 1 aromatic heterocycles. The van der Waals surface area contributed by atoms with Crippen LogP contribution in [0.2, 0.25) is 0 Å². The van der Waals surface area contributed by atoms with Gasteiger partial charge in [-0.1, -0.05) is 0 Å². The largest absolute Gasteiger partial charge is 0.450 e. The molecule has 1 aliphatic rings. The number of nitriles is 1. The van der Waals surface area contributed by atoms with E-state index in [1.807, 2.05) is 4.57 Å². The summed E-state index contributed by atoms with van der Waals surface area (Å²) in [7, 11) is -1.79. The predicted molar refractivity (Wildman–Crippen MR) is 95.2 cm³/mol. The van der Waals surface area contributed by atoms with Crippen molar-refractivity contribution in [1.82, 2.24) is 13.9 Å². The van der Waals surface area contributed by atoms with Crippen LogP contribution in [-0.2, 0) is 37.8 Å². The Bertz CT molecular complexity index is 987. The molecule has 1 aromatic carbocycles. The zero-order valence-electron chi connectivity index (χ0n) is 14.9. The molecule has 1 fully saturated rings. The van der Waals surface area contributed by atoms with Gasteiger partial charge in [-0.15, -0.1) is 0 Å². The van der Waals surface area contributed by atoms with Crippen molar-refractivity contribution >= 4 is 27.0 Å². The summed E-state index contributed by atoms with van der Waals surface area (Å²) in [4.78, 5) is 16.2. The number of nitrogens with zero attached hydrogens (tertiary/aromatic N) is 4. The molecule has 0 spiro atoms. The van der Waals surface area contributed by atoms with Gasteiger partial charge in [0.15, 0.2) is 6.61 Å². The molecule has 144 valence electrons. The molecule has 0 amide bonds. The molecule has 1 aliphatic heterocycles. The molecule has 0 N–H and O–H groups in total. The Morgan fingerprint density at radius 1 is 1.37 bits per heavy atom. The second-order valence-electron chi connectivity index (χ2n) is 6.07. The number of carbonyl (C=O) groups is 1. The number of aromatic nitrogens is 2. The lowest BCUT2D eigenvalue weighted by Crippen LogP contribution is -2.40. The zero-order valence-corrected chi connectivity index (χ0v) is 15.7. The normalized spacial score (nSPS) is 15.6. The highest BCUT2D eigenvalue weighted by molar-refractivity contribution is 7.89. The van der Waals surface area contributed by atoms with E-state index in [4.69, 9.17) is 14.7 Å². The van der Waals surface area contributed by atoms with Crippen molar-refractivity contribution in [2.75, 3.05) is 32.9 Å². The van der Waals surface area contributed by atoms with Crippen LogP contribution in [0.1, 0.15) is 12.2 Å². The van der Waals surface area contributed by atoms with Crippen molar-refractivity contribution in [3.63, 3.8) is 0 Å². The van der Waals surface area contributed by atoms with E-state index in [0.717, 1.165) is 5.52 Å². The smallest absolute Gasteiger partial charge is 0.307 e. The van der Waals surface area contributed by atoms with Gasteiger partial charge in [-0.3, -0.25) is 4.79 Å². The van der Waals surface area contributed by atoms with Crippen LogP contribution < -0.4 is 0 Å². The molecule has 1 saturated heterocycles. The number of aryl methyl sites for hydroxylation is 2. The topological polar surface area (TPSA) is 115 Å². The lowest BCUT2D eigenvalue weighted by atomic mass is 10.3. The first-order valence-electron chi connectivity index (χ1n) is 8.49. The lowest BCUT2D eigenvalue weighted by molar-refractivity contribution is -0.142. The number of esters is 1. The summed E-state index contributed by atoms with van der Waals surface area (Å²) in [5.74, 6) is 0.166. The Morgan fingerprint density at radius 2 is 2.11 bits per heavy atom. The van der Waals surface area contributed by atoms with E-state index in [1.54, 1.807) is 31.3 Å². The average Bonchev–Trinajstić information content (AvgIpc) is 3.00. The predicted octanol–water partition coefficient (Wildman–Crippen LogP) is 0.594. The van der Waals surface area contributed by atoms with E-state index in [2.05, 4.69) is 4.98 Å². The highest BCUT2D eigenvalue weighted by atomic mass is 32.2. The molecule has 0 unspecified atom stereocenters. The second-order valence-corrected chi connectivity index (χ2v) is 8.01. The standard InChI is InChI=1S/C17H20N4O5S/c1-20-15-3-2-13(27(23,24)21-7-10-25-11-8-21)12-14(15)19-16(20)4-5-17(22)26-9-6-18/h2-3,12H,4-5,7-11H2,1H3. The molecule has 0 radical (unpaired) electrons. The molecular weight excluding hydrogens is 372 g/mol. The minimum absolute atomic E-state index is 0.0950. The lowest BCUT2D eigenvalue weighted by Gasteiger charge is -2.26. The summed E-state index contributed by atoms with van der Waals surface area (Å²) in [5.41, 5.74) is 1.32. The third kappa shape index (κ3) is 4.10. The number of hydrogen-bond donors (Lipinski definition) is 0. The van der Waals surface area contributed by atoms with Crippen LogP contribution in [0.5, 0.6) is 0 Å². The molecule has 10 heteroatoms. The van der Waals surface area contributed by atoms with Crippen LogP contribution in [0.3, 0.4) is 0 Å². The van der Waals surface area contributed by atoms with Crippen molar-refractivity contribution in [3.05, 3.63) is 24.0 Å². The summed E-state index contributed by atoms with van der Waals surface area (Å²) in [6.07, 6.45) is 0.429. The van der Waals surface area contributed by atoms with Gasteiger partial charge in [-0.25, -0.2) is 13.4 Å². The first-order valence-corrected chi connectivity index (χ1v) is 9.93. The second kappa shape index (κ2) is 8.04. The summed E-state index contributed by atoms with van der Waals surface area (Å²) in [5, 5.41) is 8.42. The maximum atomic E-state index is 12.8. The fourth-order valence-electron chi connectivity index (χ4n) is 2.95. The van der Waals surface area contributed by atoms with E-state index < -0.39 is 16.0 Å². The van der Waals surface area contributed by atoms with Crippen LogP contribution in [0.4, 0.5) is 0 Å². The van der Waals surface area contributed by atoms with Gasteiger partial charge in [0.05, 0.1) is 35.6 Å². The number of fused-ring (bicyclic) bond motifs is 1. The highest BCUT2D eigenvalue weighted by Gasteiger charge is 2.27. The molecule has 27 heavy (non-hydrogen) atoms. The van der Waals surface area contributed by atoms with Crippen LogP contribution in [0.15, 0.2) is 23.1 Å². The Morgan fingerprint density at radius 3 is 2.81 bits per heavy atom. The van der Waals surface area contributed by atoms with E-state index in [1.165, 1.54) is 4.31 Å². The first-order chi connectivity index (χ1) is 12.9. The molecular formula is C17H20N4O5S. The van der Waals surface area contributed by atoms with Crippen LogP contribution in [-0.4, -0.2) is 61.2 Å². The van der Waals surface area contributed by atoms with Gasteiger partial charge in [0.2, 0.25) is 10.0 Å². The third-order valence-corrected chi connectivity index (χ3v) is 6.30. The number of carbonyl (C=O) groups excluding carboxylic acids is 1. The number of hydrogen-bond acceptors (Lipinski definition) is 7. The molecule has 0 saturated carbocycles. The molecule has 0 aliphatic carbocycles. The van der Waals surface area contributed by atoms with Crippen LogP contribution in [0.25, 0.3) is 11.0 Å². The number of rotatable bonds is 6. The van der Waals surface area contributed by atoms with Crippen molar-refractivity contribution in [1.29, 1.82) is 5.26 Å². The fraction of sp³-hybridized carbons (Fsp3) is 0.471. The third-order valence-electron chi connectivity index (χ3n) is 4.40. The maximum Gasteiger partial charge on any atom is 0.307 e. The van der Waals surface area contributed by atoms with E-state index in [-0.39, 0.29) is 17.9 Å². The van der Waals surface area contributed by atoms with Gasteiger partial charge >= 0.3 is 5.97 Å². The van der Waals surface area contributed by atoms with Crippen molar-refractivity contribution in [3.8, 4) is 6.07 Å². The molecule has 3 rings (SSSR count).